The minimum absolute atomic E-state index is 0.223. The number of likely N-dealkylation sites (tertiary alicyclic amines) is 1. The molecule has 3 nitrogen and oxygen atoms in total. The Labute approximate surface area is 128 Å². The molecule has 1 aliphatic heterocycles. The quantitative estimate of drug-likeness (QED) is 0.922. The van der Waals surface area contributed by atoms with Crippen molar-refractivity contribution in [3.05, 3.63) is 29.8 Å². The molecule has 1 aliphatic rings. The average Bonchev–Trinajstić information content (AvgIpc) is 2.47. The molecule has 3 heteroatoms. The summed E-state index contributed by atoms with van der Waals surface area (Å²) in [6, 6.07) is 7.85. The Balaban J connectivity index is 2.26. The Morgan fingerprint density at radius 1 is 1.05 bits per heavy atom. The van der Waals surface area contributed by atoms with Crippen molar-refractivity contribution in [2.45, 2.75) is 45.6 Å². The van der Waals surface area contributed by atoms with E-state index in [1.165, 1.54) is 19.3 Å². The predicted molar refractivity (Wildman–Crippen MR) is 86.6 cm³/mol. The molecule has 0 aromatic heterocycles. The van der Waals surface area contributed by atoms with Gasteiger partial charge in [0, 0.05) is 6.54 Å². The summed E-state index contributed by atoms with van der Waals surface area (Å²) < 4.78 is 5.23. The minimum atomic E-state index is -0.851. The minimum Gasteiger partial charge on any atom is -0.497 e. The molecule has 1 aromatic carbocycles. The van der Waals surface area contributed by atoms with Gasteiger partial charge < -0.3 is 14.7 Å². The first kappa shape index (κ1) is 16.3. The lowest BCUT2D eigenvalue weighted by molar-refractivity contribution is -0.0893. The van der Waals surface area contributed by atoms with Gasteiger partial charge in [0.25, 0.3) is 0 Å². The molecule has 1 unspecified atom stereocenters. The molecule has 1 saturated heterocycles. The number of β-amino-alcohol motifs (C(OH)–C–C–N with tert-alkyl or cyclic N) is 1. The molecule has 0 aliphatic carbocycles. The number of aliphatic hydroxyl groups is 1. The number of rotatable bonds is 4. The molecule has 1 atom stereocenters. The molecule has 2 rings (SSSR count). The Morgan fingerprint density at radius 2 is 1.62 bits per heavy atom. The molecule has 0 spiro atoms. The number of ether oxygens (including phenoxy) is 1. The van der Waals surface area contributed by atoms with E-state index < -0.39 is 5.60 Å². The summed E-state index contributed by atoms with van der Waals surface area (Å²) in [4.78, 5) is 2.40. The fourth-order valence-electron chi connectivity index (χ4n) is 3.07. The van der Waals surface area contributed by atoms with E-state index in [1.807, 2.05) is 24.3 Å². The van der Waals surface area contributed by atoms with E-state index in [0.29, 0.717) is 6.54 Å². The fraction of sp³-hybridized carbons (Fsp3) is 0.667. The van der Waals surface area contributed by atoms with Crippen molar-refractivity contribution in [1.29, 1.82) is 0 Å². The van der Waals surface area contributed by atoms with Gasteiger partial charge in [-0.15, -0.1) is 0 Å². The Morgan fingerprint density at radius 3 is 2.10 bits per heavy atom. The first-order chi connectivity index (χ1) is 9.87. The summed E-state index contributed by atoms with van der Waals surface area (Å²) in [5, 5.41) is 11.5. The number of benzene rings is 1. The highest BCUT2D eigenvalue weighted by Crippen LogP contribution is 2.40. The molecule has 0 radical (unpaired) electrons. The number of hydrogen-bond donors (Lipinski definition) is 1. The highest BCUT2D eigenvalue weighted by atomic mass is 16.5. The molecule has 0 bridgehead atoms. The lowest BCUT2D eigenvalue weighted by Crippen LogP contribution is -2.50. The van der Waals surface area contributed by atoms with Gasteiger partial charge in [0.2, 0.25) is 0 Å². The van der Waals surface area contributed by atoms with E-state index in [9.17, 15) is 5.11 Å². The summed E-state index contributed by atoms with van der Waals surface area (Å²) in [7, 11) is 1.67. The van der Waals surface area contributed by atoms with Crippen molar-refractivity contribution in [2.75, 3.05) is 26.7 Å². The maximum absolute atomic E-state index is 11.5. The topological polar surface area (TPSA) is 32.7 Å². The van der Waals surface area contributed by atoms with E-state index in [4.69, 9.17) is 4.74 Å². The zero-order valence-corrected chi connectivity index (χ0v) is 13.9. The fourth-order valence-corrected chi connectivity index (χ4v) is 3.07. The molecule has 1 fully saturated rings. The van der Waals surface area contributed by atoms with Crippen LogP contribution >= 0.6 is 0 Å². The van der Waals surface area contributed by atoms with Crippen LogP contribution in [0.1, 0.15) is 45.6 Å². The van der Waals surface area contributed by atoms with Crippen molar-refractivity contribution in [1.82, 2.24) is 4.90 Å². The first-order valence-electron chi connectivity index (χ1n) is 7.96. The Bertz CT molecular complexity index is 443. The van der Waals surface area contributed by atoms with Crippen LogP contribution in [0.15, 0.2) is 24.3 Å². The van der Waals surface area contributed by atoms with E-state index >= 15 is 0 Å². The van der Waals surface area contributed by atoms with Crippen LogP contribution < -0.4 is 4.74 Å². The van der Waals surface area contributed by atoms with E-state index in [-0.39, 0.29) is 5.41 Å². The van der Waals surface area contributed by atoms with Gasteiger partial charge in [-0.05, 0) is 49.0 Å². The molecule has 1 N–H and O–H groups in total. The third-order valence-corrected chi connectivity index (χ3v) is 4.71. The second-order valence-electron chi connectivity index (χ2n) is 7.18. The summed E-state index contributed by atoms with van der Waals surface area (Å²) in [6.07, 6.45) is 3.79. The third kappa shape index (κ3) is 3.58. The molecule has 21 heavy (non-hydrogen) atoms. The van der Waals surface area contributed by atoms with Gasteiger partial charge in [-0.25, -0.2) is 0 Å². The SMILES string of the molecule is COc1ccc(C(O)(CN2CCCCC2)C(C)(C)C)cc1. The van der Waals surface area contributed by atoms with Gasteiger partial charge in [0.1, 0.15) is 11.4 Å². The highest BCUT2D eigenvalue weighted by molar-refractivity contribution is 5.32. The predicted octanol–water partition coefficient (Wildman–Crippen LogP) is 3.41. The van der Waals surface area contributed by atoms with Crippen LogP contribution in [0.3, 0.4) is 0 Å². The zero-order chi connectivity index (χ0) is 15.5. The van der Waals surface area contributed by atoms with E-state index in [2.05, 4.69) is 25.7 Å². The molecule has 118 valence electrons. The van der Waals surface area contributed by atoms with Gasteiger partial charge in [-0.2, -0.15) is 0 Å². The summed E-state index contributed by atoms with van der Waals surface area (Å²) in [5.41, 5.74) is -0.100. The van der Waals surface area contributed by atoms with Crippen LogP contribution in [0.5, 0.6) is 5.75 Å². The van der Waals surface area contributed by atoms with Crippen molar-refractivity contribution in [3.8, 4) is 5.75 Å². The molecule has 1 heterocycles. The molecule has 0 amide bonds. The van der Waals surface area contributed by atoms with Crippen molar-refractivity contribution in [3.63, 3.8) is 0 Å². The van der Waals surface area contributed by atoms with E-state index in [0.717, 1.165) is 24.4 Å². The van der Waals surface area contributed by atoms with Crippen molar-refractivity contribution < 1.29 is 9.84 Å². The third-order valence-electron chi connectivity index (χ3n) is 4.71. The average molecular weight is 291 g/mol. The number of piperidine rings is 1. The summed E-state index contributed by atoms with van der Waals surface area (Å²) >= 11 is 0. The van der Waals surface area contributed by atoms with Gasteiger partial charge in [-0.1, -0.05) is 39.3 Å². The normalized spacial score (nSPS) is 20.0. The monoisotopic (exact) mass is 291 g/mol. The van der Waals surface area contributed by atoms with Crippen LogP contribution in [-0.4, -0.2) is 36.8 Å². The molecular formula is C18H29NO2. The highest BCUT2D eigenvalue weighted by Gasteiger charge is 2.43. The smallest absolute Gasteiger partial charge is 0.118 e. The molecule has 0 saturated carbocycles. The maximum atomic E-state index is 11.5. The summed E-state index contributed by atoms with van der Waals surface area (Å²) in [6.45, 7) is 9.22. The number of nitrogens with zero attached hydrogens (tertiary/aromatic N) is 1. The van der Waals surface area contributed by atoms with Gasteiger partial charge in [0.05, 0.1) is 7.11 Å². The first-order valence-corrected chi connectivity index (χ1v) is 7.96. The van der Waals surface area contributed by atoms with Crippen LogP contribution in [-0.2, 0) is 5.60 Å². The van der Waals surface area contributed by atoms with Crippen LogP contribution in [0.2, 0.25) is 0 Å². The van der Waals surface area contributed by atoms with Gasteiger partial charge in [-0.3, -0.25) is 0 Å². The van der Waals surface area contributed by atoms with Crippen molar-refractivity contribution in [2.24, 2.45) is 5.41 Å². The van der Waals surface area contributed by atoms with Gasteiger partial charge >= 0.3 is 0 Å². The summed E-state index contributed by atoms with van der Waals surface area (Å²) in [5.74, 6) is 0.827. The Kier molecular flexibility index (Phi) is 4.95. The maximum Gasteiger partial charge on any atom is 0.118 e. The molecular weight excluding hydrogens is 262 g/mol. The Hall–Kier alpha value is -1.06. The second-order valence-corrected chi connectivity index (χ2v) is 7.18. The zero-order valence-electron chi connectivity index (χ0n) is 13.9. The lowest BCUT2D eigenvalue weighted by atomic mass is 9.71. The van der Waals surface area contributed by atoms with Crippen LogP contribution in [0, 0.1) is 5.41 Å². The second kappa shape index (κ2) is 6.37. The molecule has 1 aromatic rings. The van der Waals surface area contributed by atoms with Crippen LogP contribution in [0.4, 0.5) is 0 Å². The standard InChI is InChI=1S/C18H29NO2/c1-17(2,3)18(20,14-19-12-6-5-7-13-19)15-8-10-16(21-4)11-9-15/h8-11,20H,5-7,12-14H2,1-4H3. The number of hydrogen-bond acceptors (Lipinski definition) is 3. The largest absolute Gasteiger partial charge is 0.497 e. The van der Waals surface area contributed by atoms with Gasteiger partial charge in [0.15, 0.2) is 0 Å². The van der Waals surface area contributed by atoms with Crippen LogP contribution in [0.25, 0.3) is 0 Å². The number of methoxy groups -OCH3 is 1. The van der Waals surface area contributed by atoms with E-state index in [1.54, 1.807) is 7.11 Å². The van der Waals surface area contributed by atoms with Crippen molar-refractivity contribution >= 4 is 0 Å². The lowest BCUT2D eigenvalue weighted by Gasteiger charge is -2.44.